The highest BCUT2D eigenvalue weighted by Gasteiger charge is 2.35. The fraction of sp³-hybridized carbons (Fsp3) is 0.636. The Hall–Kier alpha value is -1.84. The normalized spacial score (nSPS) is 19.8. The molecule has 0 unspecified atom stereocenters. The Kier molecular flexibility index (Phi) is 6.70. The Labute approximate surface area is 157 Å². The lowest BCUT2D eigenvalue weighted by molar-refractivity contribution is -0.126. The molecule has 2 N–H and O–H groups in total. The van der Waals surface area contributed by atoms with Gasteiger partial charge in [-0.2, -0.15) is 0 Å². The Balaban J connectivity index is 1.43. The average Bonchev–Trinajstić information content (AvgIpc) is 3.16. The standard InChI is InChI=1S/C22H32N2O2/c25-20(15-18-9-3-1-4-10-18)23-16-21(26)24-17-22(13-7-8-14-22)19-11-5-2-6-12-19/h2,5-6,11-12,18H,1,3-4,7-10,13-17H2,(H,23,25)(H,24,26). The summed E-state index contributed by atoms with van der Waals surface area (Å²) in [7, 11) is 0. The Morgan fingerprint density at radius 2 is 1.58 bits per heavy atom. The predicted molar refractivity (Wildman–Crippen MR) is 104 cm³/mol. The quantitative estimate of drug-likeness (QED) is 0.782. The van der Waals surface area contributed by atoms with Crippen LogP contribution in [0.15, 0.2) is 30.3 Å². The van der Waals surface area contributed by atoms with E-state index in [-0.39, 0.29) is 23.8 Å². The molecule has 3 rings (SSSR count). The second-order valence-electron chi connectivity index (χ2n) is 8.12. The topological polar surface area (TPSA) is 58.2 Å². The number of amides is 2. The first-order valence-electron chi connectivity index (χ1n) is 10.3. The third kappa shape index (κ3) is 5.09. The molecule has 0 spiro atoms. The maximum absolute atomic E-state index is 12.2. The monoisotopic (exact) mass is 356 g/mol. The van der Waals surface area contributed by atoms with Crippen LogP contribution < -0.4 is 10.6 Å². The maximum atomic E-state index is 12.2. The Morgan fingerprint density at radius 1 is 0.885 bits per heavy atom. The van der Waals surface area contributed by atoms with Crippen molar-refractivity contribution in [2.24, 2.45) is 5.92 Å². The van der Waals surface area contributed by atoms with Crippen molar-refractivity contribution < 1.29 is 9.59 Å². The van der Waals surface area contributed by atoms with Gasteiger partial charge in [0.2, 0.25) is 11.8 Å². The van der Waals surface area contributed by atoms with Crippen molar-refractivity contribution in [2.45, 2.75) is 69.6 Å². The van der Waals surface area contributed by atoms with Crippen LogP contribution in [0.4, 0.5) is 0 Å². The highest BCUT2D eigenvalue weighted by atomic mass is 16.2. The molecule has 2 aliphatic carbocycles. The summed E-state index contributed by atoms with van der Waals surface area (Å²) in [5, 5.41) is 5.88. The first kappa shape index (κ1) is 18.9. The number of nitrogens with one attached hydrogen (secondary N) is 2. The maximum Gasteiger partial charge on any atom is 0.239 e. The summed E-state index contributed by atoms with van der Waals surface area (Å²) < 4.78 is 0. The molecule has 0 aromatic heterocycles. The molecule has 4 heteroatoms. The third-order valence-corrected chi connectivity index (χ3v) is 6.22. The van der Waals surface area contributed by atoms with Crippen molar-refractivity contribution in [3.05, 3.63) is 35.9 Å². The summed E-state index contributed by atoms with van der Waals surface area (Å²) in [5.41, 5.74) is 1.38. The van der Waals surface area contributed by atoms with E-state index in [1.54, 1.807) is 0 Å². The summed E-state index contributed by atoms with van der Waals surface area (Å²) in [6.45, 7) is 0.755. The molecule has 4 nitrogen and oxygen atoms in total. The van der Waals surface area contributed by atoms with Crippen LogP contribution >= 0.6 is 0 Å². The lowest BCUT2D eigenvalue weighted by Crippen LogP contribution is -2.43. The van der Waals surface area contributed by atoms with E-state index < -0.39 is 0 Å². The van der Waals surface area contributed by atoms with E-state index in [0.29, 0.717) is 18.9 Å². The van der Waals surface area contributed by atoms with Crippen LogP contribution in [0.25, 0.3) is 0 Å². The van der Waals surface area contributed by atoms with Crippen LogP contribution in [0.5, 0.6) is 0 Å². The molecule has 0 aliphatic heterocycles. The molecule has 26 heavy (non-hydrogen) atoms. The van der Waals surface area contributed by atoms with Gasteiger partial charge in [-0.1, -0.05) is 62.4 Å². The largest absolute Gasteiger partial charge is 0.354 e. The SMILES string of the molecule is O=C(CNC(=O)CC1CCCCC1)NCC1(c2ccccc2)CCCC1. The average molecular weight is 357 g/mol. The van der Waals surface area contributed by atoms with Gasteiger partial charge in [-0.3, -0.25) is 9.59 Å². The second kappa shape index (κ2) is 9.20. The molecule has 2 saturated carbocycles. The highest BCUT2D eigenvalue weighted by molar-refractivity contribution is 5.84. The number of benzene rings is 1. The van der Waals surface area contributed by atoms with E-state index in [1.165, 1.54) is 37.7 Å². The van der Waals surface area contributed by atoms with E-state index in [2.05, 4.69) is 34.9 Å². The first-order chi connectivity index (χ1) is 12.7. The summed E-state index contributed by atoms with van der Waals surface area (Å²) in [6.07, 6.45) is 11.3. The molecule has 0 atom stereocenters. The Morgan fingerprint density at radius 3 is 2.27 bits per heavy atom. The van der Waals surface area contributed by atoms with Gasteiger partial charge in [0.25, 0.3) is 0 Å². The van der Waals surface area contributed by atoms with E-state index >= 15 is 0 Å². The molecule has 142 valence electrons. The molecule has 0 bridgehead atoms. The molecular formula is C22H32N2O2. The fourth-order valence-electron chi connectivity index (χ4n) is 4.65. The summed E-state index contributed by atoms with van der Waals surface area (Å²) in [5.74, 6) is 0.446. The van der Waals surface area contributed by atoms with Crippen molar-refractivity contribution in [1.82, 2.24) is 10.6 Å². The lowest BCUT2D eigenvalue weighted by Gasteiger charge is -2.30. The zero-order valence-corrected chi connectivity index (χ0v) is 15.8. The van der Waals surface area contributed by atoms with Crippen molar-refractivity contribution in [2.75, 3.05) is 13.1 Å². The van der Waals surface area contributed by atoms with Crippen LogP contribution in [0.3, 0.4) is 0 Å². The van der Waals surface area contributed by atoms with Crippen LogP contribution in [0, 0.1) is 5.92 Å². The third-order valence-electron chi connectivity index (χ3n) is 6.22. The zero-order chi connectivity index (χ0) is 18.2. The molecule has 0 radical (unpaired) electrons. The molecule has 2 aliphatic rings. The van der Waals surface area contributed by atoms with Crippen molar-refractivity contribution in [3.63, 3.8) is 0 Å². The summed E-state index contributed by atoms with van der Waals surface area (Å²) >= 11 is 0. The fourth-order valence-corrected chi connectivity index (χ4v) is 4.65. The van der Waals surface area contributed by atoms with Gasteiger partial charge < -0.3 is 10.6 Å². The Bertz CT molecular complexity index is 587. The minimum atomic E-state index is -0.0794. The predicted octanol–water partition coefficient (Wildman–Crippen LogP) is 3.70. The lowest BCUT2D eigenvalue weighted by atomic mass is 9.79. The van der Waals surface area contributed by atoms with E-state index in [9.17, 15) is 9.59 Å². The number of rotatable bonds is 7. The van der Waals surface area contributed by atoms with Crippen molar-refractivity contribution in [1.29, 1.82) is 0 Å². The van der Waals surface area contributed by atoms with Crippen molar-refractivity contribution in [3.8, 4) is 0 Å². The zero-order valence-electron chi connectivity index (χ0n) is 15.8. The molecular weight excluding hydrogens is 324 g/mol. The van der Waals surface area contributed by atoms with Crippen molar-refractivity contribution >= 4 is 11.8 Å². The minimum absolute atomic E-state index is 0.0192. The number of hydrogen-bond donors (Lipinski definition) is 2. The van der Waals surface area contributed by atoms with Gasteiger partial charge in [-0.25, -0.2) is 0 Å². The van der Waals surface area contributed by atoms with Crippen LogP contribution in [-0.2, 0) is 15.0 Å². The molecule has 2 fully saturated rings. The number of carbonyl (C=O) groups is 2. The minimum Gasteiger partial charge on any atom is -0.354 e. The van der Waals surface area contributed by atoms with E-state index in [1.807, 2.05) is 6.07 Å². The van der Waals surface area contributed by atoms with Gasteiger partial charge in [-0.15, -0.1) is 0 Å². The molecule has 1 aromatic rings. The smallest absolute Gasteiger partial charge is 0.239 e. The molecule has 2 amide bonds. The molecule has 0 heterocycles. The van der Waals surface area contributed by atoms with Crippen LogP contribution in [-0.4, -0.2) is 24.9 Å². The molecule has 1 aromatic carbocycles. The van der Waals surface area contributed by atoms with Gasteiger partial charge in [0.15, 0.2) is 0 Å². The van der Waals surface area contributed by atoms with Crippen LogP contribution in [0.2, 0.25) is 0 Å². The van der Waals surface area contributed by atoms with Crippen LogP contribution in [0.1, 0.15) is 69.8 Å². The van der Waals surface area contributed by atoms with Gasteiger partial charge >= 0.3 is 0 Å². The molecule has 0 saturated heterocycles. The summed E-state index contributed by atoms with van der Waals surface area (Å²) in [6, 6.07) is 10.5. The summed E-state index contributed by atoms with van der Waals surface area (Å²) in [4.78, 5) is 24.3. The first-order valence-corrected chi connectivity index (χ1v) is 10.3. The second-order valence-corrected chi connectivity index (χ2v) is 8.12. The van der Waals surface area contributed by atoms with Gasteiger partial charge in [-0.05, 0) is 37.2 Å². The van der Waals surface area contributed by atoms with E-state index in [4.69, 9.17) is 0 Å². The number of hydrogen-bond acceptors (Lipinski definition) is 2. The highest BCUT2D eigenvalue weighted by Crippen LogP contribution is 2.40. The van der Waals surface area contributed by atoms with Gasteiger partial charge in [0.05, 0.1) is 6.54 Å². The van der Waals surface area contributed by atoms with E-state index in [0.717, 1.165) is 25.7 Å². The van der Waals surface area contributed by atoms with Gasteiger partial charge in [0, 0.05) is 18.4 Å². The van der Waals surface area contributed by atoms with Gasteiger partial charge in [0.1, 0.15) is 0 Å². The number of carbonyl (C=O) groups excluding carboxylic acids is 2.